The number of benzene rings is 1. The number of aromatic nitrogens is 4. The maximum absolute atomic E-state index is 14.3. The van der Waals surface area contributed by atoms with Crippen LogP contribution in [0.1, 0.15) is 52.9 Å². The van der Waals surface area contributed by atoms with E-state index in [-0.39, 0.29) is 35.2 Å². The summed E-state index contributed by atoms with van der Waals surface area (Å²) in [5.74, 6) is -0.502. The van der Waals surface area contributed by atoms with Gasteiger partial charge in [-0.2, -0.15) is 0 Å². The number of rotatable bonds is 8. The van der Waals surface area contributed by atoms with Crippen LogP contribution in [0.4, 0.5) is 16.0 Å². The van der Waals surface area contributed by atoms with Crippen LogP contribution in [0.3, 0.4) is 0 Å². The zero-order valence-corrected chi connectivity index (χ0v) is 18.5. The zero-order chi connectivity index (χ0) is 23.4. The van der Waals surface area contributed by atoms with Crippen LogP contribution in [0.5, 0.6) is 0 Å². The fourth-order valence-electron chi connectivity index (χ4n) is 3.94. The van der Waals surface area contributed by atoms with Gasteiger partial charge in [0.1, 0.15) is 11.6 Å². The molecule has 2 N–H and O–H groups in total. The molecule has 0 saturated heterocycles. The van der Waals surface area contributed by atoms with E-state index >= 15 is 0 Å². The first-order chi connectivity index (χ1) is 15.9. The van der Waals surface area contributed by atoms with Gasteiger partial charge in [0.25, 0.3) is 5.91 Å². The molecule has 0 spiro atoms. The monoisotopic (exact) mass is 452 g/mol. The molecular weight excluding hydrogens is 427 g/mol. The second kappa shape index (κ2) is 9.35. The molecule has 1 aromatic carbocycles. The molecule has 0 atom stereocenters. The average Bonchev–Trinajstić information content (AvgIpc) is 3.14. The van der Waals surface area contributed by atoms with Gasteiger partial charge in [-0.3, -0.25) is 4.79 Å². The zero-order valence-electron chi connectivity index (χ0n) is 18.5. The van der Waals surface area contributed by atoms with Crippen LogP contribution in [-0.4, -0.2) is 44.8 Å². The number of nitrogens with zero attached hydrogens (tertiary/aromatic N) is 4. The van der Waals surface area contributed by atoms with E-state index in [2.05, 4.69) is 25.8 Å². The van der Waals surface area contributed by atoms with Gasteiger partial charge in [0, 0.05) is 25.2 Å². The summed E-state index contributed by atoms with van der Waals surface area (Å²) in [6.45, 7) is 2.45. The van der Waals surface area contributed by atoms with Crippen LogP contribution in [0.2, 0.25) is 0 Å². The van der Waals surface area contributed by atoms with Gasteiger partial charge in [-0.1, -0.05) is 24.6 Å². The van der Waals surface area contributed by atoms with E-state index in [1.165, 1.54) is 22.9 Å². The lowest BCUT2D eigenvalue weighted by Gasteiger charge is -2.42. The fourth-order valence-corrected chi connectivity index (χ4v) is 3.94. The van der Waals surface area contributed by atoms with Gasteiger partial charge in [-0.25, -0.2) is 14.2 Å². The maximum atomic E-state index is 14.3. The summed E-state index contributed by atoms with van der Waals surface area (Å²) in [6.07, 6.45) is 4.35. The largest absolute Gasteiger partial charge is 0.460 e. The molecule has 0 aliphatic heterocycles. The van der Waals surface area contributed by atoms with Crippen molar-refractivity contribution in [2.45, 2.75) is 31.6 Å². The smallest absolute Gasteiger partial charge is 0.374 e. The van der Waals surface area contributed by atoms with Crippen molar-refractivity contribution < 1.29 is 18.7 Å². The summed E-state index contributed by atoms with van der Waals surface area (Å²) in [4.78, 5) is 28.5. The summed E-state index contributed by atoms with van der Waals surface area (Å²) in [5, 5.41) is 13.9. The molecule has 1 aliphatic carbocycles. The number of carbonyl (C=O) groups excluding carboxylic acids is 2. The Bertz CT molecular complexity index is 1160. The Kier molecular flexibility index (Phi) is 6.34. The molecule has 10 heteroatoms. The van der Waals surface area contributed by atoms with Gasteiger partial charge in [0.05, 0.1) is 6.61 Å². The number of imidazole rings is 1. The Morgan fingerprint density at radius 3 is 2.58 bits per heavy atom. The first-order valence-electron chi connectivity index (χ1n) is 10.8. The lowest BCUT2D eigenvalue weighted by Crippen LogP contribution is -2.41. The van der Waals surface area contributed by atoms with Crippen molar-refractivity contribution in [2.24, 2.45) is 7.05 Å². The highest BCUT2D eigenvalue weighted by Crippen LogP contribution is 2.44. The predicted octanol–water partition coefficient (Wildman–Crippen LogP) is 3.31. The number of ether oxygens (including phenoxy) is 1. The third-order valence-electron chi connectivity index (χ3n) is 5.84. The number of halogens is 1. The van der Waals surface area contributed by atoms with E-state index < -0.39 is 11.9 Å². The highest BCUT2D eigenvalue weighted by atomic mass is 19.1. The minimum absolute atomic E-state index is 0.0811. The number of anilines is 2. The van der Waals surface area contributed by atoms with E-state index in [0.29, 0.717) is 17.9 Å². The van der Waals surface area contributed by atoms with Crippen LogP contribution in [0.15, 0.2) is 42.6 Å². The van der Waals surface area contributed by atoms with Crippen molar-refractivity contribution in [1.29, 1.82) is 0 Å². The number of amides is 1. The molecule has 172 valence electrons. The second-order valence-corrected chi connectivity index (χ2v) is 8.01. The predicted molar refractivity (Wildman–Crippen MR) is 120 cm³/mol. The molecule has 1 saturated carbocycles. The van der Waals surface area contributed by atoms with Crippen LogP contribution in [0, 0.1) is 5.82 Å². The number of hydrogen-bond donors (Lipinski definition) is 2. The molecule has 1 amide bonds. The van der Waals surface area contributed by atoms with Crippen molar-refractivity contribution in [3.8, 4) is 0 Å². The fraction of sp³-hybridized carbons (Fsp3) is 0.348. The second-order valence-electron chi connectivity index (χ2n) is 8.01. The molecule has 2 aromatic heterocycles. The minimum Gasteiger partial charge on any atom is -0.460 e. The Hall–Kier alpha value is -3.82. The van der Waals surface area contributed by atoms with Crippen molar-refractivity contribution >= 4 is 23.5 Å². The highest BCUT2D eigenvalue weighted by Gasteiger charge is 2.40. The molecule has 9 nitrogen and oxygen atoms in total. The van der Waals surface area contributed by atoms with E-state index in [1.807, 2.05) is 12.1 Å². The minimum atomic E-state index is -0.574. The molecule has 0 unspecified atom stereocenters. The van der Waals surface area contributed by atoms with Crippen LogP contribution in [-0.2, 0) is 17.2 Å². The first-order valence-corrected chi connectivity index (χ1v) is 10.8. The van der Waals surface area contributed by atoms with Gasteiger partial charge in [-0.15, -0.1) is 10.2 Å². The summed E-state index contributed by atoms with van der Waals surface area (Å²) < 4.78 is 20.7. The Labute approximate surface area is 190 Å². The van der Waals surface area contributed by atoms with Gasteiger partial charge in [0.2, 0.25) is 5.82 Å². The van der Waals surface area contributed by atoms with Crippen molar-refractivity contribution in [1.82, 2.24) is 19.7 Å². The molecule has 1 fully saturated rings. The van der Waals surface area contributed by atoms with Gasteiger partial charge >= 0.3 is 5.97 Å². The summed E-state index contributed by atoms with van der Waals surface area (Å²) in [5.41, 5.74) is 0.542. The lowest BCUT2D eigenvalue weighted by molar-refractivity contribution is 0.0508. The third kappa shape index (κ3) is 4.69. The lowest BCUT2D eigenvalue weighted by atomic mass is 9.64. The van der Waals surface area contributed by atoms with Crippen LogP contribution < -0.4 is 10.6 Å². The molecule has 33 heavy (non-hydrogen) atoms. The third-order valence-corrected chi connectivity index (χ3v) is 5.84. The van der Waals surface area contributed by atoms with Gasteiger partial charge < -0.3 is 19.9 Å². The standard InChI is InChI=1S/C23H25FN6O3/c1-3-33-22(32)20-26-19(13-30(20)2)27-21(31)17-9-10-18(29-28-17)25-14-23(11-6-12-23)15-7-4-5-8-16(15)24/h4-5,7-10,13H,3,6,11-12,14H2,1-2H3,(H,25,29)(H,27,31). The Morgan fingerprint density at radius 1 is 1.15 bits per heavy atom. The summed E-state index contributed by atoms with van der Waals surface area (Å²) in [7, 11) is 1.63. The molecule has 2 heterocycles. The first kappa shape index (κ1) is 22.4. The SMILES string of the molecule is CCOC(=O)c1nc(NC(=O)c2ccc(NCC3(c4ccccc4F)CCC3)nn2)cn1C. The van der Waals surface area contributed by atoms with Crippen LogP contribution >= 0.6 is 0 Å². The maximum Gasteiger partial charge on any atom is 0.374 e. The number of carbonyl (C=O) groups is 2. The van der Waals surface area contributed by atoms with E-state index in [0.717, 1.165) is 19.3 Å². The highest BCUT2D eigenvalue weighted by molar-refractivity contribution is 6.02. The van der Waals surface area contributed by atoms with Crippen LogP contribution in [0.25, 0.3) is 0 Å². The number of aryl methyl sites for hydroxylation is 1. The Balaban J connectivity index is 1.38. The van der Waals surface area contributed by atoms with Crippen molar-refractivity contribution in [2.75, 3.05) is 23.8 Å². The number of nitrogens with one attached hydrogen (secondary N) is 2. The molecule has 4 rings (SSSR count). The molecule has 0 radical (unpaired) electrons. The van der Waals surface area contributed by atoms with Crippen molar-refractivity contribution in [3.63, 3.8) is 0 Å². The number of esters is 1. The molecule has 1 aliphatic rings. The van der Waals surface area contributed by atoms with Gasteiger partial charge in [0.15, 0.2) is 11.5 Å². The Morgan fingerprint density at radius 2 is 1.94 bits per heavy atom. The van der Waals surface area contributed by atoms with Crippen molar-refractivity contribution in [3.05, 3.63) is 65.5 Å². The quantitative estimate of drug-likeness (QED) is 0.505. The van der Waals surface area contributed by atoms with E-state index in [4.69, 9.17) is 4.74 Å². The van der Waals surface area contributed by atoms with E-state index in [1.54, 1.807) is 26.1 Å². The summed E-state index contributed by atoms with van der Waals surface area (Å²) >= 11 is 0. The average molecular weight is 452 g/mol. The van der Waals surface area contributed by atoms with Gasteiger partial charge in [-0.05, 0) is 43.5 Å². The number of hydrogen-bond acceptors (Lipinski definition) is 7. The van der Waals surface area contributed by atoms with E-state index in [9.17, 15) is 14.0 Å². The molecule has 0 bridgehead atoms. The normalized spacial score (nSPS) is 14.3. The topological polar surface area (TPSA) is 111 Å². The molecular formula is C23H25FN6O3. The summed E-state index contributed by atoms with van der Waals surface area (Å²) in [6, 6.07) is 10.0. The molecule has 3 aromatic rings.